The van der Waals surface area contributed by atoms with Crippen LogP contribution in [0.15, 0.2) is 72.9 Å². The van der Waals surface area contributed by atoms with Gasteiger partial charge in [0.05, 0.1) is 25.8 Å². The molecule has 0 saturated carbocycles. The SMILES string of the molecule is COc1cc(OCc2ccccc2F)cc(OC)c1CN[C@@H](Cc1ccccc1)c1ncc(C)s1. The third kappa shape index (κ3) is 6.38. The van der Waals surface area contributed by atoms with E-state index < -0.39 is 0 Å². The highest BCUT2D eigenvalue weighted by molar-refractivity contribution is 7.11. The molecule has 0 bridgehead atoms. The first-order valence-corrected chi connectivity index (χ1v) is 12.2. The van der Waals surface area contributed by atoms with E-state index in [1.807, 2.05) is 24.4 Å². The van der Waals surface area contributed by atoms with Crippen LogP contribution in [-0.2, 0) is 19.6 Å². The van der Waals surface area contributed by atoms with Crippen molar-refractivity contribution in [3.05, 3.63) is 105 Å². The van der Waals surface area contributed by atoms with Crippen molar-refractivity contribution in [3.8, 4) is 17.2 Å². The molecular formula is C28H29FN2O3S. The van der Waals surface area contributed by atoms with Crippen molar-refractivity contribution in [1.29, 1.82) is 0 Å². The topological polar surface area (TPSA) is 52.6 Å². The summed E-state index contributed by atoms with van der Waals surface area (Å²) < 4.78 is 31.2. The lowest BCUT2D eigenvalue weighted by molar-refractivity contribution is 0.293. The Bertz CT molecular complexity index is 1220. The number of aromatic nitrogens is 1. The third-order valence-corrected chi connectivity index (χ3v) is 6.71. The number of benzene rings is 3. The summed E-state index contributed by atoms with van der Waals surface area (Å²) in [7, 11) is 3.23. The number of hydrogen-bond donors (Lipinski definition) is 1. The van der Waals surface area contributed by atoms with Gasteiger partial charge in [-0.3, -0.25) is 0 Å². The molecule has 0 radical (unpaired) electrons. The maximum atomic E-state index is 14.0. The second kappa shape index (κ2) is 11.8. The molecule has 0 aliphatic heterocycles. The van der Waals surface area contributed by atoms with Crippen molar-refractivity contribution in [2.24, 2.45) is 0 Å². The van der Waals surface area contributed by atoms with Crippen LogP contribution in [0.5, 0.6) is 17.2 Å². The van der Waals surface area contributed by atoms with Crippen LogP contribution in [0.25, 0.3) is 0 Å². The van der Waals surface area contributed by atoms with Gasteiger partial charge in [-0.05, 0) is 25.0 Å². The Morgan fingerprint density at radius 1 is 0.971 bits per heavy atom. The van der Waals surface area contributed by atoms with Crippen LogP contribution < -0.4 is 19.5 Å². The van der Waals surface area contributed by atoms with E-state index in [0.29, 0.717) is 29.4 Å². The summed E-state index contributed by atoms with van der Waals surface area (Å²) in [6, 6.07) is 20.6. The summed E-state index contributed by atoms with van der Waals surface area (Å²) in [4.78, 5) is 5.80. The summed E-state index contributed by atoms with van der Waals surface area (Å²) in [5, 5.41) is 4.68. The molecule has 3 aromatic carbocycles. The number of halogens is 1. The maximum Gasteiger partial charge on any atom is 0.130 e. The first-order valence-electron chi connectivity index (χ1n) is 11.4. The molecule has 5 nitrogen and oxygen atoms in total. The molecular weight excluding hydrogens is 463 g/mol. The molecule has 1 aromatic heterocycles. The zero-order chi connectivity index (χ0) is 24.6. The van der Waals surface area contributed by atoms with Crippen molar-refractivity contribution in [3.63, 3.8) is 0 Å². The molecule has 0 amide bonds. The second-order valence-corrected chi connectivity index (χ2v) is 9.39. The van der Waals surface area contributed by atoms with Crippen molar-refractivity contribution in [2.45, 2.75) is 32.5 Å². The molecule has 1 atom stereocenters. The van der Waals surface area contributed by atoms with E-state index in [4.69, 9.17) is 14.2 Å². The van der Waals surface area contributed by atoms with Crippen molar-refractivity contribution < 1.29 is 18.6 Å². The van der Waals surface area contributed by atoms with E-state index in [-0.39, 0.29) is 18.5 Å². The fourth-order valence-corrected chi connectivity index (χ4v) is 4.70. The van der Waals surface area contributed by atoms with Gasteiger partial charge in [0, 0.05) is 35.3 Å². The Hall–Kier alpha value is -3.42. The van der Waals surface area contributed by atoms with E-state index in [1.165, 1.54) is 16.5 Å². The molecule has 1 N–H and O–H groups in total. The van der Waals surface area contributed by atoms with Crippen molar-refractivity contribution in [1.82, 2.24) is 10.3 Å². The van der Waals surface area contributed by atoms with Crippen LogP contribution in [0.2, 0.25) is 0 Å². The monoisotopic (exact) mass is 492 g/mol. The molecule has 0 aliphatic rings. The number of rotatable bonds is 11. The minimum atomic E-state index is -0.297. The Balaban J connectivity index is 1.53. The van der Waals surface area contributed by atoms with Gasteiger partial charge < -0.3 is 19.5 Å². The van der Waals surface area contributed by atoms with Gasteiger partial charge in [-0.1, -0.05) is 48.5 Å². The van der Waals surface area contributed by atoms with E-state index in [0.717, 1.165) is 17.0 Å². The van der Waals surface area contributed by atoms with E-state index in [2.05, 4.69) is 29.4 Å². The van der Waals surface area contributed by atoms with Gasteiger partial charge in [0.25, 0.3) is 0 Å². The van der Waals surface area contributed by atoms with E-state index in [9.17, 15) is 4.39 Å². The Morgan fingerprint density at radius 3 is 2.29 bits per heavy atom. The van der Waals surface area contributed by atoms with Gasteiger partial charge in [-0.25, -0.2) is 9.37 Å². The quantitative estimate of drug-likeness (QED) is 0.268. The molecule has 0 spiro atoms. The number of methoxy groups -OCH3 is 2. The zero-order valence-corrected chi connectivity index (χ0v) is 20.9. The van der Waals surface area contributed by atoms with Crippen LogP contribution in [-0.4, -0.2) is 19.2 Å². The largest absolute Gasteiger partial charge is 0.496 e. The van der Waals surface area contributed by atoms with E-state index in [1.54, 1.807) is 55.9 Å². The van der Waals surface area contributed by atoms with Gasteiger partial charge in [0.2, 0.25) is 0 Å². The normalized spacial score (nSPS) is 11.8. The van der Waals surface area contributed by atoms with Gasteiger partial charge in [0.15, 0.2) is 0 Å². The third-order valence-electron chi connectivity index (χ3n) is 5.68. The Kier molecular flexibility index (Phi) is 8.34. The summed E-state index contributed by atoms with van der Waals surface area (Å²) >= 11 is 1.69. The molecule has 0 unspecified atom stereocenters. The van der Waals surface area contributed by atoms with Crippen LogP contribution in [0.1, 0.15) is 32.6 Å². The highest BCUT2D eigenvalue weighted by Gasteiger charge is 2.19. The number of ether oxygens (including phenoxy) is 3. The first kappa shape index (κ1) is 24.7. The van der Waals surface area contributed by atoms with Gasteiger partial charge in [-0.2, -0.15) is 0 Å². The lowest BCUT2D eigenvalue weighted by Gasteiger charge is -2.20. The predicted octanol–water partition coefficient (Wildman–Crippen LogP) is 6.26. The fraction of sp³-hybridized carbons (Fsp3) is 0.250. The zero-order valence-electron chi connectivity index (χ0n) is 20.1. The Morgan fingerprint density at radius 2 is 1.66 bits per heavy atom. The molecule has 0 saturated heterocycles. The first-order chi connectivity index (χ1) is 17.1. The van der Waals surface area contributed by atoms with Gasteiger partial charge >= 0.3 is 0 Å². The van der Waals surface area contributed by atoms with Crippen LogP contribution in [0.4, 0.5) is 4.39 Å². The smallest absolute Gasteiger partial charge is 0.130 e. The highest BCUT2D eigenvalue weighted by Crippen LogP contribution is 2.35. The van der Waals surface area contributed by atoms with E-state index >= 15 is 0 Å². The average molecular weight is 493 g/mol. The fourth-order valence-electron chi connectivity index (χ4n) is 3.85. The number of hydrogen-bond acceptors (Lipinski definition) is 6. The lowest BCUT2D eigenvalue weighted by Crippen LogP contribution is -2.23. The average Bonchev–Trinajstić information content (AvgIpc) is 3.32. The molecule has 182 valence electrons. The predicted molar refractivity (Wildman–Crippen MR) is 137 cm³/mol. The summed E-state index contributed by atoms with van der Waals surface area (Å²) in [6.07, 6.45) is 2.71. The van der Waals surface area contributed by atoms with Gasteiger partial charge in [0.1, 0.15) is 34.7 Å². The number of thiazole rings is 1. The standard InChI is InChI=1S/C28H29FN2O3S/c1-19-16-31-28(35-19)25(13-20-9-5-4-6-10-20)30-17-23-26(32-2)14-22(15-27(23)33-3)34-18-21-11-7-8-12-24(21)29/h4-12,14-16,25,30H,13,17-18H2,1-3H3/t25-/m0/s1. The Labute approximate surface area is 209 Å². The minimum absolute atomic E-state index is 0.0301. The number of nitrogens with zero attached hydrogens (tertiary/aromatic N) is 1. The van der Waals surface area contributed by atoms with Gasteiger partial charge in [-0.15, -0.1) is 11.3 Å². The van der Waals surface area contributed by atoms with Crippen molar-refractivity contribution >= 4 is 11.3 Å². The second-order valence-electron chi connectivity index (χ2n) is 8.12. The highest BCUT2D eigenvalue weighted by atomic mass is 32.1. The molecule has 35 heavy (non-hydrogen) atoms. The number of nitrogens with one attached hydrogen (secondary N) is 1. The van der Waals surface area contributed by atoms with Crippen LogP contribution in [0.3, 0.4) is 0 Å². The molecule has 7 heteroatoms. The summed E-state index contributed by atoms with van der Waals surface area (Å²) in [5.74, 6) is 1.51. The molecule has 1 heterocycles. The molecule has 0 fully saturated rings. The minimum Gasteiger partial charge on any atom is -0.496 e. The molecule has 0 aliphatic carbocycles. The molecule has 4 rings (SSSR count). The van der Waals surface area contributed by atoms with Crippen molar-refractivity contribution in [2.75, 3.05) is 14.2 Å². The maximum absolute atomic E-state index is 14.0. The van der Waals surface area contributed by atoms with Crippen LogP contribution in [0, 0.1) is 12.7 Å². The van der Waals surface area contributed by atoms with Crippen LogP contribution >= 0.6 is 11.3 Å². The number of aryl methyl sites for hydroxylation is 1. The summed E-state index contributed by atoms with van der Waals surface area (Å²) in [5.41, 5.74) is 2.59. The lowest BCUT2D eigenvalue weighted by atomic mass is 10.1. The summed E-state index contributed by atoms with van der Waals surface area (Å²) in [6.45, 7) is 2.68. The molecule has 4 aromatic rings.